The second-order valence-electron chi connectivity index (χ2n) is 6.20. The van der Waals surface area contributed by atoms with Crippen LogP contribution in [0.3, 0.4) is 0 Å². The van der Waals surface area contributed by atoms with Gasteiger partial charge in [-0.05, 0) is 68.0 Å². The van der Waals surface area contributed by atoms with Crippen LogP contribution in [0.15, 0.2) is 35.2 Å². The Kier molecular flexibility index (Phi) is 6.95. The van der Waals surface area contributed by atoms with Crippen LogP contribution in [0.2, 0.25) is 0 Å². The highest BCUT2D eigenvalue weighted by Crippen LogP contribution is 2.36. The van der Waals surface area contributed by atoms with Crippen molar-refractivity contribution in [2.75, 3.05) is 18.8 Å². The van der Waals surface area contributed by atoms with Crippen molar-refractivity contribution in [3.63, 3.8) is 0 Å². The topological polar surface area (TPSA) is 12.0 Å². The van der Waals surface area contributed by atoms with Gasteiger partial charge < -0.3 is 5.32 Å². The monoisotopic (exact) mass is 291 g/mol. The van der Waals surface area contributed by atoms with E-state index in [-0.39, 0.29) is 0 Å². The number of rotatable bonds is 7. The molecule has 2 rings (SSSR count). The first-order valence-corrected chi connectivity index (χ1v) is 9.16. The predicted octanol–water partition coefficient (Wildman–Crippen LogP) is 4.83. The zero-order valence-corrected chi connectivity index (χ0v) is 13.8. The molecular weight excluding hydrogens is 262 g/mol. The molecule has 0 saturated heterocycles. The van der Waals surface area contributed by atoms with Gasteiger partial charge in [0.1, 0.15) is 0 Å². The number of thioether (sulfide) groups is 1. The predicted molar refractivity (Wildman–Crippen MR) is 90.3 cm³/mol. The van der Waals surface area contributed by atoms with Crippen molar-refractivity contribution < 1.29 is 0 Å². The van der Waals surface area contributed by atoms with Crippen LogP contribution >= 0.6 is 11.8 Å². The zero-order valence-electron chi connectivity index (χ0n) is 13.0. The Bertz CT molecular complexity index is 363. The van der Waals surface area contributed by atoms with Crippen LogP contribution < -0.4 is 5.32 Å². The van der Waals surface area contributed by atoms with Gasteiger partial charge in [0, 0.05) is 4.90 Å². The lowest BCUT2D eigenvalue weighted by Gasteiger charge is -2.35. The summed E-state index contributed by atoms with van der Waals surface area (Å²) in [6.07, 6.45) is 5.67. The van der Waals surface area contributed by atoms with Gasteiger partial charge in [-0.15, -0.1) is 11.8 Å². The van der Waals surface area contributed by atoms with Crippen molar-refractivity contribution in [1.29, 1.82) is 0 Å². The molecule has 0 heterocycles. The van der Waals surface area contributed by atoms with E-state index < -0.39 is 0 Å². The summed E-state index contributed by atoms with van der Waals surface area (Å²) < 4.78 is 0. The summed E-state index contributed by atoms with van der Waals surface area (Å²) in [5.74, 6) is 4.03. The highest BCUT2D eigenvalue weighted by atomic mass is 32.2. The standard InChI is InChI=1S/C18H29NS/c1-3-19-14-17-10-9-15(2)13-16(17)11-12-20-18-7-5-4-6-8-18/h4-8,15-17,19H,3,9-14H2,1-2H3. The van der Waals surface area contributed by atoms with E-state index in [1.165, 1.54) is 42.9 Å². The Labute approximate surface area is 128 Å². The first-order valence-electron chi connectivity index (χ1n) is 8.18. The third kappa shape index (κ3) is 5.14. The molecule has 0 radical (unpaired) electrons. The number of nitrogens with one attached hydrogen (secondary N) is 1. The first kappa shape index (κ1) is 15.9. The smallest absolute Gasteiger partial charge is 0.00719 e. The lowest BCUT2D eigenvalue weighted by atomic mass is 9.73. The Morgan fingerprint density at radius 2 is 1.95 bits per heavy atom. The molecule has 1 nitrogen and oxygen atoms in total. The molecule has 1 N–H and O–H groups in total. The van der Waals surface area contributed by atoms with Gasteiger partial charge in [-0.3, -0.25) is 0 Å². The van der Waals surface area contributed by atoms with Crippen molar-refractivity contribution in [2.45, 2.75) is 44.4 Å². The molecule has 1 aliphatic rings. The van der Waals surface area contributed by atoms with E-state index in [4.69, 9.17) is 0 Å². The number of hydrogen-bond donors (Lipinski definition) is 1. The van der Waals surface area contributed by atoms with E-state index >= 15 is 0 Å². The van der Waals surface area contributed by atoms with Crippen molar-refractivity contribution >= 4 is 11.8 Å². The van der Waals surface area contributed by atoms with Gasteiger partial charge in [-0.1, -0.05) is 38.5 Å². The van der Waals surface area contributed by atoms with Crippen LogP contribution in [0.5, 0.6) is 0 Å². The van der Waals surface area contributed by atoms with Gasteiger partial charge >= 0.3 is 0 Å². The fourth-order valence-corrected chi connectivity index (χ4v) is 4.36. The van der Waals surface area contributed by atoms with E-state index in [0.717, 1.165) is 24.3 Å². The lowest BCUT2D eigenvalue weighted by molar-refractivity contribution is 0.181. The van der Waals surface area contributed by atoms with Crippen molar-refractivity contribution in [2.24, 2.45) is 17.8 Å². The molecule has 20 heavy (non-hydrogen) atoms. The third-order valence-corrected chi connectivity index (χ3v) is 5.60. The van der Waals surface area contributed by atoms with Crippen LogP contribution in [0.25, 0.3) is 0 Å². The van der Waals surface area contributed by atoms with Crippen LogP contribution in [0.4, 0.5) is 0 Å². The average Bonchev–Trinajstić information content (AvgIpc) is 2.47. The molecule has 2 heteroatoms. The molecule has 3 unspecified atom stereocenters. The van der Waals surface area contributed by atoms with Gasteiger partial charge in [-0.25, -0.2) is 0 Å². The van der Waals surface area contributed by atoms with Crippen molar-refractivity contribution in [3.05, 3.63) is 30.3 Å². The summed E-state index contributed by atoms with van der Waals surface area (Å²) >= 11 is 2.02. The zero-order chi connectivity index (χ0) is 14.2. The molecular formula is C18H29NS. The highest BCUT2D eigenvalue weighted by Gasteiger charge is 2.27. The van der Waals surface area contributed by atoms with Crippen molar-refractivity contribution in [1.82, 2.24) is 5.32 Å². The second-order valence-corrected chi connectivity index (χ2v) is 7.36. The Morgan fingerprint density at radius 3 is 2.70 bits per heavy atom. The molecule has 0 spiro atoms. The molecule has 1 aromatic rings. The third-order valence-electron chi connectivity index (χ3n) is 4.56. The molecule has 0 amide bonds. The Hall–Kier alpha value is -0.470. The molecule has 1 fully saturated rings. The fraction of sp³-hybridized carbons (Fsp3) is 0.667. The fourth-order valence-electron chi connectivity index (χ4n) is 3.36. The second kappa shape index (κ2) is 8.74. The SMILES string of the molecule is CCNCC1CCC(C)CC1CCSc1ccccc1. The van der Waals surface area contributed by atoms with Gasteiger partial charge in [0.25, 0.3) is 0 Å². The Morgan fingerprint density at radius 1 is 1.15 bits per heavy atom. The molecule has 112 valence electrons. The molecule has 3 atom stereocenters. The van der Waals surface area contributed by atoms with Gasteiger partial charge in [-0.2, -0.15) is 0 Å². The van der Waals surface area contributed by atoms with Crippen LogP contribution in [0.1, 0.15) is 39.5 Å². The molecule has 1 aliphatic carbocycles. The van der Waals surface area contributed by atoms with Gasteiger partial charge in [0.05, 0.1) is 0 Å². The van der Waals surface area contributed by atoms with E-state index in [0.29, 0.717) is 0 Å². The molecule has 1 saturated carbocycles. The number of hydrogen-bond acceptors (Lipinski definition) is 2. The molecule has 0 aliphatic heterocycles. The van der Waals surface area contributed by atoms with E-state index in [1.54, 1.807) is 0 Å². The summed E-state index contributed by atoms with van der Waals surface area (Å²) in [7, 11) is 0. The van der Waals surface area contributed by atoms with Crippen LogP contribution in [-0.2, 0) is 0 Å². The molecule has 0 bridgehead atoms. The van der Waals surface area contributed by atoms with Crippen LogP contribution in [0, 0.1) is 17.8 Å². The maximum atomic E-state index is 3.56. The minimum atomic E-state index is 0.905. The lowest BCUT2D eigenvalue weighted by Crippen LogP contribution is -2.33. The first-order chi connectivity index (χ1) is 9.79. The minimum absolute atomic E-state index is 0.905. The highest BCUT2D eigenvalue weighted by molar-refractivity contribution is 7.99. The average molecular weight is 292 g/mol. The summed E-state index contributed by atoms with van der Waals surface area (Å²) in [5, 5.41) is 3.56. The largest absolute Gasteiger partial charge is 0.317 e. The Balaban J connectivity index is 1.78. The van der Waals surface area contributed by atoms with Gasteiger partial charge in [0.15, 0.2) is 0 Å². The summed E-state index contributed by atoms with van der Waals surface area (Å²) in [4.78, 5) is 1.42. The summed E-state index contributed by atoms with van der Waals surface area (Å²) in [5.41, 5.74) is 0. The van der Waals surface area contributed by atoms with E-state index in [2.05, 4.69) is 49.5 Å². The van der Waals surface area contributed by atoms with E-state index in [9.17, 15) is 0 Å². The minimum Gasteiger partial charge on any atom is -0.317 e. The van der Waals surface area contributed by atoms with E-state index in [1.807, 2.05) is 11.8 Å². The summed E-state index contributed by atoms with van der Waals surface area (Å²) in [6.45, 7) is 6.98. The van der Waals surface area contributed by atoms with Crippen LogP contribution in [-0.4, -0.2) is 18.8 Å². The van der Waals surface area contributed by atoms with Crippen molar-refractivity contribution in [3.8, 4) is 0 Å². The quantitative estimate of drug-likeness (QED) is 0.722. The maximum Gasteiger partial charge on any atom is 0.00719 e. The van der Waals surface area contributed by atoms with Gasteiger partial charge in [0.2, 0.25) is 0 Å². The maximum absolute atomic E-state index is 3.56. The summed E-state index contributed by atoms with van der Waals surface area (Å²) in [6, 6.07) is 10.8. The normalized spacial score (nSPS) is 26.6. The molecule has 1 aromatic carbocycles. The molecule has 0 aromatic heterocycles. The number of benzene rings is 1.